The van der Waals surface area contributed by atoms with E-state index in [1.54, 1.807) is 18.3 Å². The fourth-order valence-electron chi connectivity index (χ4n) is 1.40. The lowest BCUT2D eigenvalue weighted by Gasteiger charge is -1.97. The maximum absolute atomic E-state index is 8.55. The van der Waals surface area contributed by atoms with E-state index in [4.69, 9.17) is 16.7 Å². The number of oxime groups is 1. The minimum Gasteiger partial charge on any atom is -0.409 e. The van der Waals surface area contributed by atoms with Crippen molar-refractivity contribution in [2.24, 2.45) is 10.9 Å². The van der Waals surface area contributed by atoms with E-state index in [9.17, 15) is 0 Å². The van der Waals surface area contributed by atoms with Crippen molar-refractivity contribution in [1.29, 1.82) is 0 Å². The number of fused-ring (bicyclic) bond motifs is 1. The van der Waals surface area contributed by atoms with Gasteiger partial charge in [0.05, 0.1) is 0 Å². The van der Waals surface area contributed by atoms with Crippen molar-refractivity contribution in [2.75, 3.05) is 5.73 Å². The molecule has 0 radical (unpaired) electrons. The molecule has 0 atom stereocenters. The van der Waals surface area contributed by atoms with Gasteiger partial charge in [-0.25, -0.2) is 0 Å². The van der Waals surface area contributed by atoms with E-state index in [1.807, 2.05) is 6.07 Å². The highest BCUT2D eigenvalue weighted by molar-refractivity contribution is 6.09. The predicted octanol–water partition coefficient (Wildman–Crippen LogP) is 0.845. The number of nitrogen functional groups attached to an aromatic ring is 1. The lowest BCUT2D eigenvalue weighted by atomic mass is 10.1. The third-order valence-electron chi connectivity index (χ3n) is 2.09. The Morgan fingerprint density at radius 3 is 2.93 bits per heavy atom. The van der Waals surface area contributed by atoms with Crippen molar-refractivity contribution in [3.63, 3.8) is 0 Å². The summed E-state index contributed by atoms with van der Waals surface area (Å²) < 4.78 is 0. The molecule has 1 aromatic heterocycles. The van der Waals surface area contributed by atoms with Crippen LogP contribution in [0.2, 0.25) is 0 Å². The Kier molecular flexibility index (Phi) is 1.78. The maximum atomic E-state index is 8.55. The number of anilines is 1. The molecular formula is C9H10N4O. The molecule has 5 nitrogen and oxygen atoms in total. The Labute approximate surface area is 80.0 Å². The van der Waals surface area contributed by atoms with E-state index >= 15 is 0 Å². The van der Waals surface area contributed by atoms with Crippen LogP contribution in [0.15, 0.2) is 29.6 Å². The summed E-state index contributed by atoms with van der Waals surface area (Å²) in [5.74, 6) is 0.0712. The van der Waals surface area contributed by atoms with Gasteiger partial charge in [0.1, 0.15) is 0 Å². The number of benzene rings is 1. The van der Waals surface area contributed by atoms with Gasteiger partial charge in [0.2, 0.25) is 0 Å². The first-order valence-electron chi connectivity index (χ1n) is 4.07. The molecule has 1 aromatic carbocycles. The number of amidine groups is 1. The molecule has 0 saturated heterocycles. The Bertz CT molecular complexity index is 500. The van der Waals surface area contributed by atoms with Gasteiger partial charge >= 0.3 is 0 Å². The van der Waals surface area contributed by atoms with Crippen LogP contribution in [0.5, 0.6) is 0 Å². The molecule has 6 N–H and O–H groups in total. The number of hydrogen-bond donors (Lipinski definition) is 4. The van der Waals surface area contributed by atoms with Gasteiger partial charge in [0, 0.05) is 28.4 Å². The number of rotatable bonds is 1. The Morgan fingerprint density at radius 2 is 2.21 bits per heavy atom. The molecule has 2 aromatic rings. The molecule has 2 rings (SSSR count). The molecule has 0 fully saturated rings. The number of H-pyrrole nitrogens is 1. The number of hydrogen-bond acceptors (Lipinski definition) is 3. The summed E-state index contributed by atoms with van der Waals surface area (Å²) in [6, 6.07) is 5.41. The van der Waals surface area contributed by atoms with Crippen LogP contribution in [0, 0.1) is 0 Å². The third-order valence-corrected chi connectivity index (χ3v) is 2.09. The van der Waals surface area contributed by atoms with Gasteiger partial charge in [-0.05, 0) is 18.2 Å². The Balaban J connectivity index is 2.73. The van der Waals surface area contributed by atoms with Crippen molar-refractivity contribution in [1.82, 2.24) is 4.98 Å². The van der Waals surface area contributed by atoms with E-state index < -0.39 is 0 Å². The minimum absolute atomic E-state index is 0.0712. The van der Waals surface area contributed by atoms with Crippen molar-refractivity contribution >= 4 is 22.4 Å². The number of aromatic amines is 1. The Morgan fingerprint density at radius 1 is 1.43 bits per heavy atom. The summed E-state index contributed by atoms with van der Waals surface area (Å²) in [6.45, 7) is 0. The molecule has 1 heterocycles. The van der Waals surface area contributed by atoms with Crippen molar-refractivity contribution in [3.8, 4) is 0 Å². The smallest absolute Gasteiger partial charge is 0.172 e. The van der Waals surface area contributed by atoms with Crippen molar-refractivity contribution in [3.05, 3.63) is 30.0 Å². The molecule has 0 unspecified atom stereocenters. The molecule has 72 valence electrons. The number of aromatic nitrogens is 1. The first kappa shape index (κ1) is 8.43. The largest absolute Gasteiger partial charge is 0.409 e. The van der Waals surface area contributed by atoms with E-state index in [2.05, 4.69) is 10.1 Å². The van der Waals surface area contributed by atoms with Gasteiger partial charge in [0.25, 0.3) is 0 Å². The molecule has 0 spiro atoms. The van der Waals surface area contributed by atoms with Gasteiger partial charge in [-0.1, -0.05) is 5.16 Å². The minimum atomic E-state index is 0.0712. The van der Waals surface area contributed by atoms with E-state index in [-0.39, 0.29) is 5.84 Å². The third kappa shape index (κ3) is 1.15. The van der Waals surface area contributed by atoms with Crippen LogP contribution in [-0.2, 0) is 0 Å². The molecule has 0 aliphatic rings. The molecule has 0 amide bonds. The quantitative estimate of drug-likeness (QED) is 0.176. The number of nitrogens with zero attached hydrogens (tertiary/aromatic N) is 1. The zero-order valence-corrected chi connectivity index (χ0v) is 7.36. The zero-order chi connectivity index (χ0) is 10.1. The van der Waals surface area contributed by atoms with Gasteiger partial charge in [0.15, 0.2) is 5.84 Å². The van der Waals surface area contributed by atoms with Crippen LogP contribution in [0.1, 0.15) is 5.56 Å². The second kappa shape index (κ2) is 2.95. The fourth-order valence-corrected chi connectivity index (χ4v) is 1.40. The molecule has 0 aliphatic heterocycles. The lowest BCUT2D eigenvalue weighted by molar-refractivity contribution is 0.318. The fraction of sp³-hybridized carbons (Fsp3) is 0. The van der Waals surface area contributed by atoms with Crippen LogP contribution in [-0.4, -0.2) is 16.0 Å². The summed E-state index contributed by atoms with van der Waals surface area (Å²) in [6.07, 6.45) is 1.68. The molecule has 0 saturated carbocycles. The molecule has 14 heavy (non-hydrogen) atoms. The standard InChI is InChI=1S/C9H10N4O/c10-5-1-2-8-6(3-5)7(4-12-8)9(11)13-14/h1-4,12,14H,10H2,(H2,11,13). The summed E-state index contributed by atoms with van der Waals surface area (Å²) >= 11 is 0. The lowest BCUT2D eigenvalue weighted by Crippen LogP contribution is -2.12. The molecular weight excluding hydrogens is 180 g/mol. The summed E-state index contributed by atoms with van der Waals surface area (Å²) in [5.41, 5.74) is 13.3. The van der Waals surface area contributed by atoms with Gasteiger partial charge in [-0.15, -0.1) is 0 Å². The first-order chi connectivity index (χ1) is 6.72. The average Bonchev–Trinajstić information content (AvgIpc) is 2.59. The predicted molar refractivity (Wildman–Crippen MR) is 55.2 cm³/mol. The summed E-state index contributed by atoms with van der Waals surface area (Å²) in [7, 11) is 0. The van der Waals surface area contributed by atoms with Crippen molar-refractivity contribution in [2.45, 2.75) is 0 Å². The van der Waals surface area contributed by atoms with Crippen LogP contribution in [0.25, 0.3) is 10.9 Å². The Hall–Kier alpha value is -2.17. The highest BCUT2D eigenvalue weighted by Crippen LogP contribution is 2.20. The van der Waals surface area contributed by atoms with Gasteiger partial charge < -0.3 is 21.7 Å². The highest BCUT2D eigenvalue weighted by atomic mass is 16.4. The summed E-state index contributed by atoms with van der Waals surface area (Å²) in [4.78, 5) is 3.00. The second-order valence-electron chi connectivity index (χ2n) is 2.99. The summed E-state index contributed by atoms with van der Waals surface area (Å²) in [5, 5.41) is 12.3. The molecule has 5 heteroatoms. The zero-order valence-electron chi connectivity index (χ0n) is 7.36. The van der Waals surface area contributed by atoms with Gasteiger partial charge in [-0.2, -0.15) is 0 Å². The normalized spacial score (nSPS) is 12.1. The first-order valence-corrected chi connectivity index (χ1v) is 4.07. The van der Waals surface area contributed by atoms with E-state index in [0.29, 0.717) is 11.3 Å². The number of nitrogens with one attached hydrogen (secondary N) is 1. The average molecular weight is 190 g/mol. The van der Waals surface area contributed by atoms with Crippen LogP contribution < -0.4 is 11.5 Å². The van der Waals surface area contributed by atoms with E-state index in [1.165, 1.54) is 0 Å². The van der Waals surface area contributed by atoms with Crippen LogP contribution in [0.4, 0.5) is 5.69 Å². The maximum Gasteiger partial charge on any atom is 0.172 e. The molecule has 0 aliphatic carbocycles. The van der Waals surface area contributed by atoms with Crippen molar-refractivity contribution < 1.29 is 5.21 Å². The van der Waals surface area contributed by atoms with Crippen LogP contribution in [0.3, 0.4) is 0 Å². The van der Waals surface area contributed by atoms with E-state index in [0.717, 1.165) is 10.9 Å². The topological polar surface area (TPSA) is 100 Å². The van der Waals surface area contributed by atoms with Gasteiger partial charge in [-0.3, -0.25) is 0 Å². The molecule has 0 bridgehead atoms. The monoisotopic (exact) mass is 190 g/mol. The SMILES string of the molecule is N/C(=N/O)c1c[nH]c2ccc(N)cc12. The number of nitrogens with two attached hydrogens (primary N) is 2. The highest BCUT2D eigenvalue weighted by Gasteiger charge is 2.07. The van der Waals surface area contributed by atoms with Crippen LogP contribution >= 0.6 is 0 Å². The second-order valence-corrected chi connectivity index (χ2v) is 2.99.